The zero-order valence-electron chi connectivity index (χ0n) is 17.7. The van der Waals surface area contributed by atoms with Crippen LogP contribution in [0.3, 0.4) is 0 Å². The fourth-order valence-electron chi connectivity index (χ4n) is 3.61. The van der Waals surface area contributed by atoms with Crippen LogP contribution >= 0.6 is 11.6 Å². The summed E-state index contributed by atoms with van der Waals surface area (Å²) in [5.74, 6) is -2.70. The Hall–Kier alpha value is -2.98. The standard InChI is InChI=1S/C22H19ClF4N2O4/c1-11-14-9-12(7-8-13(14)18(30)33-29-11)28-19(31)21(32,22(25,26)27)10-20(2,3)15-5-4-6-16(23)17(15)24/h4-9,32H,10H2,1-3H3,(H,28,31). The predicted octanol–water partition coefficient (Wildman–Crippen LogP) is 4.89. The molecule has 1 amide bonds. The van der Waals surface area contributed by atoms with E-state index in [2.05, 4.69) is 9.68 Å². The van der Waals surface area contributed by atoms with Crippen molar-refractivity contribution >= 4 is 34.0 Å². The molecule has 3 aromatic rings. The molecular weight excluding hydrogens is 468 g/mol. The summed E-state index contributed by atoms with van der Waals surface area (Å²) in [7, 11) is 0. The number of carbonyl (C=O) groups excluding carboxylic acids is 1. The lowest BCUT2D eigenvalue weighted by molar-refractivity contribution is -0.254. The minimum Gasteiger partial charge on any atom is -0.373 e. The number of anilines is 1. The lowest BCUT2D eigenvalue weighted by Gasteiger charge is -2.36. The van der Waals surface area contributed by atoms with Crippen molar-refractivity contribution in [1.82, 2.24) is 5.16 Å². The molecule has 1 aromatic heterocycles. The highest BCUT2D eigenvalue weighted by Crippen LogP contribution is 2.43. The Kier molecular flexibility index (Phi) is 6.29. The summed E-state index contributed by atoms with van der Waals surface area (Å²) in [4.78, 5) is 24.5. The lowest BCUT2D eigenvalue weighted by atomic mass is 9.74. The van der Waals surface area contributed by atoms with Gasteiger partial charge in [-0.15, -0.1) is 0 Å². The van der Waals surface area contributed by atoms with Crippen LogP contribution < -0.4 is 10.9 Å². The number of carbonyl (C=O) groups is 1. The van der Waals surface area contributed by atoms with Gasteiger partial charge in [-0.25, -0.2) is 9.18 Å². The second kappa shape index (κ2) is 8.42. The zero-order chi connectivity index (χ0) is 24.8. The van der Waals surface area contributed by atoms with Gasteiger partial charge < -0.3 is 14.9 Å². The monoisotopic (exact) mass is 486 g/mol. The van der Waals surface area contributed by atoms with Crippen LogP contribution in [0.2, 0.25) is 5.02 Å². The third-order valence-electron chi connectivity index (χ3n) is 5.38. The van der Waals surface area contributed by atoms with E-state index < -0.39 is 41.0 Å². The molecule has 0 spiro atoms. The quantitative estimate of drug-likeness (QED) is 0.501. The lowest BCUT2D eigenvalue weighted by Crippen LogP contribution is -2.57. The molecule has 0 aliphatic heterocycles. The highest BCUT2D eigenvalue weighted by atomic mass is 35.5. The van der Waals surface area contributed by atoms with Crippen LogP contribution in [0.15, 0.2) is 45.7 Å². The average molecular weight is 487 g/mol. The smallest absolute Gasteiger partial charge is 0.373 e. The van der Waals surface area contributed by atoms with Gasteiger partial charge in [0.05, 0.1) is 16.1 Å². The van der Waals surface area contributed by atoms with Gasteiger partial charge in [-0.2, -0.15) is 13.2 Å². The Morgan fingerprint density at radius 2 is 1.85 bits per heavy atom. The molecule has 0 aliphatic rings. The molecule has 0 aliphatic carbocycles. The van der Waals surface area contributed by atoms with Gasteiger partial charge in [0.2, 0.25) is 5.60 Å². The maximum atomic E-state index is 14.5. The number of halogens is 5. The van der Waals surface area contributed by atoms with Crippen LogP contribution in [0, 0.1) is 12.7 Å². The van der Waals surface area contributed by atoms with Crippen molar-refractivity contribution in [2.24, 2.45) is 0 Å². The van der Waals surface area contributed by atoms with Gasteiger partial charge >= 0.3 is 11.8 Å². The SMILES string of the molecule is Cc1noc(=O)c2ccc(NC(=O)C(O)(CC(C)(C)c3cccc(Cl)c3F)C(F)(F)F)cc12. The molecule has 0 bridgehead atoms. The number of alkyl halides is 3. The van der Waals surface area contributed by atoms with Gasteiger partial charge in [0.25, 0.3) is 5.91 Å². The van der Waals surface area contributed by atoms with Crippen molar-refractivity contribution in [3.63, 3.8) is 0 Å². The number of nitrogens with one attached hydrogen (secondary N) is 1. The van der Waals surface area contributed by atoms with Crippen molar-refractivity contribution in [3.05, 3.63) is 68.9 Å². The first-order valence-electron chi connectivity index (χ1n) is 9.63. The third kappa shape index (κ3) is 4.58. The fraction of sp³-hybridized carbons (Fsp3) is 0.318. The molecule has 3 rings (SSSR count). The minimum absolute atomic E-state index is 0.114. The van der Waals surface area contributed by atoms with Crippen LogP contribution in [0.4, 0.5) is 23.2 Å². The minimum atomic E-state index is -5.39. The summed E-state index contributed by atoms with van der Waals surface area (Å²) in [5, 5.41) is 16.2. The van der Waals surface area contributed by atoms with E-state index in [-0.39, 0.29) is 32.7 Å². The number of fused-ring (bicyclic) bond motifs is 1. The zero-order valence-corrected chi connectivity index (χ0v) is 18.4. The molecule has 2 aromatic carbocycles. The van der Waals surface area contributed by atoms with Crippen molar-refractivity contribution in [1.29, 1.82) is 0 Å². The first kappa shape index (κ1) is 24.7. The first-order chi connectivity index (χ1) is 15.2. The van der Waals surface area contributed by atoms with E-state index in [1.165, 1.54) is 57.2 Å². The highest BCUT2D eigenvalue weighted by Gasteiger charge is 2.61. The molecule has 1 heterocycles. The van der Waals surface area contributed by atoms with Crippen LogP contribution in [0.5, 0.6) is 0 Å². The molecule has 1 unspecified atom stereocenters. The summed E-state index contributed by atoms with van der Waals surface area (Å²) in [6.45, 7) is 4.02. The molecule has 0 radical (unpaired) electrons. The van der Waals surface area contributed by atoms with E-state index in [0.717, 1.165) is 0 Å². The number of hydrogen-bond acceptors (Lipinski definition) is 5. The fourth-order valence-corrected chi connectivity index (χ4v) is 3.79. The van der Waals surface area contributed by atoms with Crippen molar-refractivity contribution < 1.29 is 32.0 Å². The summed E-state index contributed by atoms with van der Waals surface area (Å²) < 4.78 is 61.0. The summed E-state index contributed by atoms with van der Waals surface area (Å²) >= 11 is 5.75. The van der Waals surface area contributed by atoms with E-state index >= 15 is 0 Å². The normalized spacial score (nSPS) is 14.2. The maximum Gasteiger partial charge on any atom is 0.426 e. The number of aryl methyl sites for hydroxylation is 1. The number of aliphatic hydroxyl groups is 1. The van der Waals surface area contributed by atoms with Gasteiger partial charge in [-0.3, -0.25) is 4.79 Å². The highest BCUT2D eigenvalue weighted by molar-refractivity contribution is 6.30. The number of nitrogens with zero attached hydrogens (tertiary/aromatic N) is 1. The second-order valence-corrected chi connectivity index (χ2v) is 8.70. The van der Waals surface area contributed by atoms with Crippen LogP contribution in [-0.2, 0) is 10.2 Å². The van der Waals surface area contributed by atoms with Gasteiger partial charge in [0.1, 0.15) is 5.82 Å². The van der Waals surface area contributed by atoms with Crippen molar-refractivity contribution in [2.75, 3.05) is 5.32 Å². The Bertz CT molecular complexity index is 1290. The molecule has 0 saturated carbocycles. The van der Waals surface area contributed by atoms with E-state index in [1.54, 1.807) is 0 Å². The maximum absolute atomic E-state index is 14.5. The Morgan fingerprint density at radius 1 is 1.18 bits per heavy atom. The molecule has 0 saturated heterocycles. The van der Waals surface area contributed by atoms with E-state index in [1.807, 2.05) is 5.32 Å². The topological polar surface area (TPSA) is 92.4 Å². The van der Waals surface area contributed by atoms with Crippen LogP contribution in [0.1, 0.15) is 31.5 Å². The van der Waals surface area contributed by atoms with E-state index in [4.69, 9.17) is 11.6 Å². The molecule has 1 atom stereocenters. The molecule has 11 heteroatoms. The third-order valence-corrected chi connectivity index (χ3v) is 5.67. The van der Waals surface area contributed by atoms with Crippen molar-refractivity contribution in [2.45, 2.75) is 44.4 Å². The van der Waals surface area contributed by atoms with E-state index in [9.17, 15) is 32.3 Å². The van der Waals surface area contributed by atoms with Gasteiger partial charge in [0.15, 0.2) is 0 Å². The second-order valence-electron chi connectivity index (χ2n) is 8.29. The van der Waals surface area contributed by atoms with E-state index in [0.29, 0.717) is 0 Å². The number of aromatic nitrogens is 1. The summed E-state index contributed by atoms with van der Waals surface area (Å²) in [5.41, 5.74) is -6.31. The number of benzene rings is 2. The number of hydrogen-bond donors (Lipinski definition) is 2. The number of rotatable bonds is 5. The first-order valence-corrected chi connectivity index (χ1v) is 10.0. The summed E-state index contributed by atoms with van der Waals surface area (Å²) in [6, 6.07) is 7.51. The number of amides is 1. The Balaban J connectivity index is 1.99. The van der Waals surface area contributed by atoms with Crippen molar-refractivity contribution in [3.8, 4) is 0 Å². The largest absolute Gasteiger partial charge is 0.426 e. The molecule has 6 nitrogen and oxygen atoms in total. The van der Waals surface area contributed by atoms with Gasteiger partial charge in [0, 0.05) is 17.5 Å². The average Bonchev–Trinajstić information content (AvgIpc) is 2.71. The molecule has 0 fully saturated rings. The molecular formula is C22H19ClF4N2O4. The molecule has 33 heavy (non-hydrogen) atoms. The Labute approximate surface area is 190 Å². The van der Waals surface area contributed by atoms with Gasteiger partial charge in [-0.1, -0.05) is 42.7 Å². The van der Waals surface area contributed by atoms with Gasteiger partial charge in [-0.05, 0) is 42.2 Å². The Morgan fingerprint density at radius 3 is 2.48 bits per heavy atom. The molecule has 176 valence electrons. The van der Waals surface area contributed by atoms with Crippen LogP contribution in [-0.4, -0.2) is 27.9 Å². The predicted molar refractivity (Wildman–Crippen MR) is 114 cm³/mol. The van der Waals surface area contributed by atoms with Crippen LogP contribution in [0.25, 0.3) is 10.8 Å². The summed E-state index contributed by atoms with van der Waals surface area (Å²) in [6.07, 6.45) is -6.58. The molecule has 2 N–H and O–H groups in total.